The molecular formula is C16H20ClN5O2. The molecule has 0 aliphatic heterocycles. The van der Waals surface area contributed by atoms with E-state index in [2.05, 4.69) is 20.8 Å². The molecule has 24 heavy (non-hydrogen) atoms. The Morgan fingerprint density at radius 3 is 2.88 bits per heavy atom. The summed E-state index contributed by atoms with van der Waals surface area (Å²) in [5.41, 5.74) is 0.979. The van der Waals surface area contributed by atoms with Crippen molar-refractivity contribution in [1.29, 1.82) is 0 Å². The summed E-state index contributed by atoms with van der Waals surface area (Å²) in [7, 11) is 0. The lowest BCUT2D eigenvalue weighted by Gasteiger charge is -2.24. The number of amides is 1. The van der Waals surface area contributed by atoms with Crippen LogP contribution in [0.15, 0.2) is 24.5 Å². The number of halogens is 1. The first kappa shape index (κ1) is 16.9. The highest BCUT2D eigenvalue weighted by molar-refractivity contribution is 6.31. The molecule has 2 N–H and O–H groups in total. The summed E-state index contributed by atoms with van der Waals surface area (Å²) in [6.07, 6.45) is 6.51. The molecule has 1 saturated carbocycles. The zero-order chi connectivity index (χ0) is 16.9. The molecule has 3 rings (SSSR count). The molecule has 0 radical (unpaired) electrons. The van der Waals surface area contributed by atoms with Crippen LogP contribution in [0.2, 0.25) is 5.02 Å². The first-order valence-electron chi connectivity index (χ1n) is 8.13. The van der Waals surface area contributed by atoms with Gasteiger partial charge in [0.2, 0.25) is 0 Å². The molecular weight excluding hydrogens is 330 g/mol. The maximum absolute atomic E-state index is 12.8. The van der Waals surface area contributed by atoms with Gasteiger partial charge in [0.25, 0.3) is 5.91 Å². The number of aliphatic hydroxyl groups excluding tert-OH is 1. The van der Waals surface area contributed by atoms with Crippen LogP contribution in [0.3, 0.4) is 0 Å². The van der Waals surface area contributed by atoms with Crippen LogP contribution in [0.4, 0.5) is 0 Å². The van der Waals surface area contributed by atoms with E-state index in [0.717, 1.165) is 12.8 Å². The first-order valence-corrected chi connectivity index (χ1v) is 8.51. The van der Waals surface area contributed by atoms with E-state index in [0.29, 0.717) is 28.6 Å². The maximum atomic E-state index is 12.8. The number of benzene rings is 1. The van der Waals surface area contributed by atoms with Gasteiger partial charge in [-0.1, -0.05) is 24.4 Å². The number of nitrogens with zero attached hydrogens (tertiary/aromatic N) is 4. The Kier molecular flexibility index (Phi) is 5.42. The molecule has 2 aromatic rings. The predicted molar refractivity (Wildman–Crippen MR) is 89.1 cm³/mol. The molecule has 8 heteroatoms. The molecule has 1 atom stereocenters. The Morgan fingerprint density at radius 2 is 2.21 bits per heavy atom. The summed E-state index contributed by atoms with van der Waals surface area (Å²) in [6.45, 7) is 0.0524. The molecule has 1 aromatic heterocycles. The second-order valence-electron chi connectivity index (χ2n) is 6.05. The van der Waals surface area contributed by atoms with Crippen molar-refractivity contribution < 1.29 is 9.90 Å². The van der Waals surface area contributed by atoms with E-state index in [1.54, 1.807) is 18.2 Å². The van der Waals surface area contributed by atoms with Crippen molar-refractivity contribution in [2.24, 2.45) is 5.92 Å². The van der Waals surface area contributed by atoms with Crippen molar-refractivity contribution in [3.05, 3.63) is 35.1 Å². The van der Waals surface area contributed by atoms with Gasteiger partial charge in [0.05, 0.1) is 11.3 Å². The fraction of sp³-hybridized carbons (Fsp3) is 0.500. The van der Waals surface area contributed by atoms with Crippen molar-refractivity contribution in [3.8, 4) is 5.69 Å². The Labute approximate surface area is 145 Å². The molecule has 1 amide bonds. The maximum Gasteiger partial charge on any atom is 0.253 e. The molecule has 1 aliphatic rings. The summed E-state index contributed by atoms with van der Waals surface area (Å²) in [4.78, 5) is 12.8. The van der Waals surface area contributed by atoms with E-state index in [1.807, 2.05) is 0 Å². The minimum absolute atomic E-state index is 0.0364. The quantitative estimate of drug-likeness (QED) is 0.831. The van der Waals surface area contributed by atoms with Crippen LogP contribution >= 0.6 is 11.6 Å². The Balaban J connectivity index is 1.84. The second kappa shape index (κ2) is 7.72. The average molecular weight is 350 g/mol. The second-order valence-corrected chi connectivity index (χ2v) is 6.49. The third kappa shape index (κ3) is 3.73. The SMILES string of the molecule is O=C(NC(CCO)C1CCCC1)c1cc(Cl)ccc1-n1cnnn1. The molecule has 0 spiro atoms. The van der Waals surface area contributed by atoms with Gasteiger partial charge in [-0.3, -0.25) is 4.79 Å². The van der Waals surface area contributed by atoms with Crippen LogP contribution in [0, 0.1) is 5.92 Å². The Bertz CT molecular complexity index is 686. The average Bonchev–Trinajstić information content (AvgIpc) is 3.28. The highest BCUT2D eigenvalue weighted by Gasteiger charge is 2.27. The van der Waals surface area contributed by atoms with Crippen molar-refractivity contribution in [1.82, 2.24) is 25.5 Å². The van der Waals surface area contributed by atoms with Gasteiger partial charge in [-0.05, 0) is 53.8 Å². The fourth-order valence-electron chi connectivity index (χ4n) is 3.33. The standard InChI is InChI=1S/C16H20ClN5O2/c17-12-5-6-15(22-10-18-20-21-22)13(9-12)16(24)19-14(7-8-23)11-3-1-2-4-11/h5-6,9-11,14,23H,1-4,7-8H2,(H,19,24). The minimum Gasteiger partial charge on any atom is -0.396 e. The van der Waals surface area contributed by atoms with E-state index < -0.39 is 0 Å². The lowest BCUT2D eigenvalue weighted by atomic mass is 9.95. The van der Waals surface area contributed by atoms with Gasteiger partial charge in [0.1, 0.15) is 6.33 Å². The van der Waals surface area contributed by atoms with Gasteiger partial charge in [0, 0.05) is 17.7 Å². The lowest BCUT2D eigenvalue weighted by molar-refractivity contribution is 0.0911. The van der Waals surface area contributed by atoms with E-state index in [4.69, 9.17) is 11.6 Å². The number of carbonyl (C=O) groups is 1. The van der Waals surface area contributed by atoms with Crippen LogP contribution in [0.25, 0.3) is 5.69 Å². The smallest absolute Gasteiger partial charge is 0.253 e. The highest BCUT2D eigenvalue weighted by Crippen LogP contribution is 2.29. The molecule has 0 saturated heterocycles. The summed E-state index contributed by atoms with van der Waals surface area (Å²) < 4.78 is 1.43. The third-order valence-electron chi connectivity index (χ3n) is 4.52. The van der Waals surface area contributed by atoms with E-state index >= 15 is 0 Å². The Morgan fingerprint density at radius 1 is 1.42 bits per heavy atom. The number of carbonyl (C=O) groups excluding carboxylic acids is 1. The van der Waals surface area contributed by atoms with Crippen LogP contribution in [-0.2, 0) is 0 Å². The molecule has 1 fully saturated rings. The van der Waals surface area contributed by atoms with E-state index in [9.17, 15) is 9.90 Å². The summed E-state index contributed by atoms with van der Waals surface area (Å²) >= 11 is 6.07. The zero-order valence-corrected chi connectivity index (χ0v) is 14.0. The highest BCUT2D eigenvalue weighted by atomic mass is 35.5. The third-order valence-corrected chi connectivity index (χ3v) is 4.76. The van der Waals surface area contributed by atoms with Crippen molar-refractivity contribution in [2.75, 3.05) is 6.61 Å². The number of aromatic nitrogens is 4. The Hall–Kier alpha value is -1.99. The summed E-state index contributed by atoms with van der Waals surface area (Å²) in [5, 5.41) is 23.9. The number of nitrogens with one attached hydrogen (secondary N) is 1. The number of tetrazole rings is 1. The van der Waals surface area contributed by atoms with Gasteiger partial charge >= 0.3 is 0 Å². The lowest BCUT2D eigenvalue weighted by Crippen LogP contribution is -2.40. The molecule has 128 valence electrons. The van der Waals surface area contributed by atoms with Gasteiger partial charge in [-0.15, -0.1) is 5.10 Å². The normalized spacial score (nSPS) is 16.2. The molecule has 0 bridgehead atoms. The first-order chi connectivity index (χ1) is 11.7. The zero-order valence-electron chi connectivity index (χ0n) is 13.2. The van der Waals surface area contributed by atoms with Gasteiger partial charge in [-0.2, -0.15) is 4.68 Å². The van der Waals surface area contributed by atoms with Gasteiger partial charge in [0.15, 0.2) is 0 Å². The van der Waals surface area contributed by atoms with Crippen molar-refractivity contribution >= 4 is 17.5 Å². The molecule has 1 unspecified atom stereocenters. The largest absolute Gasteiger partial charge is 0.396 e. The molecule has 1 heterocycles. The monoisotopic (exact) mass is 349 g/mol. The topological polar surface area (TPSA) is 92.9 Å². The number of hydrogen-bond donors (Lipinski definition) is 2. The van der Waals surface area contributed by atoms with Crippen LogP contribution < -0.4 is 5.32 Å². The van der Waals surface area contributed by atoms with Crippen LogP contribution in [0.1, 0.15) is 42.5 Å². The fourth-order valence-corrected chi connectivity index (χ4v) is 3.50. The van der Waals surface area contributed by atoms with Crippen molar-refractivity contribution in [3.63, 3.8) is 0 Å². The van der Waals surface area contributed by atoms with Crippen molar-refractivity contribution in [2.45, 2.75) is 38.1 Å². The van der Waals surface area contributed by atoms with E-state index in [1.165, 1.54) is 23.9 Å². The summed E-state index contributed by atoms with van der Waals surface area (Å²) in [6, 6.07) is 4.98. The van der Waals surface area contributed by atoms with Crippen LogP contribution in [0.5, 0.6) is 0 Å². The minimum atomic E-state index is -0.228. The molecule has 1 aromatic carbocycles. The van der Waals surface area contributed by atoms with Gasteiger partial charge in [-0.25, -0.2) is 0 Å². The van der Waals surface area contributed by atoms with Gasteiger partial charge < -0.3 is 10.4 Å². The van der Waals surface area contributed by atoms with Crippen LogP contribution in [-0.4, -0.2) is 43.9 Å². The number of hydrogen-bond acceptors (Lipinski definition) is 5. The van der Waals surface area contributed by atoms with E-state index in [-0.39, 0.29) is 18.6 Å². The molecule has 1 aliphatic carbocycles. The predicted octanol–water partition coefficient (Wildman–Crippen LogP) is 1.99. The summed E-state index contributed by atoms with van der Waals surface area (Å²) in [5.74, 6) is 0.185. The molecule has 7 nitrogen and oxygen atoms in total. The number of rotatable bonds is 6. The number of aliphatic hydroxyl groups is 1.